The van der Waals surface area contributed by atoms with Gasteiger partial charge in [0.2, 0.25) is 5.91 Å². The van der Waals surface area contributed by atoms with E-state index in [1.165, 1.54) is 12.1 Å². The number of nitrogens with zero attached hydrogens (tertiary/aromatic N) is 1. The van der Waals surface area contributed by atoms with Crippen LogP contribution in [0.3, 0.4) is 0 Å². The van der Waals surface area contributed by atoms with Crippen molar-refractivity contribution in [2.75, 3.05) is 6.54 Å². The third-order valence-electron chi connectivity index (χ3n) is 2.35. The Bertz CT molecular complexity index is 371. The lowest BCUT2D eigenvalue weighted by Gasteiger charge is -2.22. The fourth-order valence-electron chi connectivity index (χ4n) is 1.49. The Morgan fingerprint density at radius 3 is 2.65 bits per heavy atom. The molecule has 0 fully saturated rings. The number of halogens is 2. The molecule has 0 saturated heterocycles. The maximum absolute atomic E-state index is 13.0. The third kappa shape index (κ3) is 4.71. The van der Waals surface area contributed by atoms with Gasteiger partial charge in [0.1, 0.15) is 5.82 Å². The molecule has 0 radical (unpaired) electrons. The number of rotatable bonds is 4. The van der Waals surface area contributed by atoms with Crippen molar-refractivity contribution in [2.45, 2.75) is 26.4 Å². The van der Waals surface area contributed by atoms with Crippen molar-refractivity contribution in [3.63, 3.8) is 0 Å². The van der Waals surface area contributed by atoms with Crippen molar-refractivity contribution >= 4 is 18.3 Å². The molecule has 1 aromatic rings. The molecular weight excluding hydrogens is 243 g/mol. The van der Waals surface area contributed by atoms with Crippen LogP contribution in [0.1, 0.15) is 19.4 Å². The van der Waals surface area contributed by atoms with Gasteiger partial charge in [0.15, 0.2) is 0 Å². The van der Waals surface area contributed by atoms with Gasteiger partial charge in [-0.1, -0.05) is 12.1 Å². The summed E-state index contributed by atoms with van der Waals surface area (Å²) in [6, 6.07) is 5.72. The number of hydrogen-bond acceptors (Lipinski definition) is 2. The second kappa shape index (κ2) is 7.25. The van der Waals surface area contributed by atoms with Crippen LogP contribution in [0, 0.1) is 5.82 Å². The normalized spacial score (nSPS) is 11.5. The summed E-state index contributed by atoms with van der Waals surface area (Å²) < 4.78 is 13.0. The van der Waals surface area contributed by atoms with Crippen LogP contribution in [0.4, 0.5) is 4.39 Å². The molecule has 0 spiro atoms. The number of nitrogens with two attached hydrogens (primary N) is 1. The van der Waals surface area contributed by atoms with Gasteiger partial charge in [-0.2, -0.15) is 0 Å². The molecule has 96 valence electrons. The van der Waals surface area contributed by atoms with E-state index >= 15 is 0 Å². The van der Waals surface area contributed by atoms with Gasteiger partial charge in [-0.25, -0.2) is 4.39 Å². The monoisotopic (exact) mass is 260 g/mol. The Morgan fingerprint density at radius 1 is 1.53 bits per heavy atom. The molecule has 3 nitrogen and oxygen atoms in total. The van der Waals surface area contributed by atoms with E-state index in [0.717, 1.165) is 5.56 Å². The molecule has 17 heavy (non-hydrogen) atoms. The zero-order valence-corrected chi connectivity index (χ0v) is 10.8. The summed E-state index contributed by atoms with van der Waals surface area (Å²) in [5.74, 6) is -0.409. The van der Waals surface area contributed by atoms with Gasteiger partial charge in [-0.05, 0) is 31.5 Å². The highest BCUT2D eigenvalue weighted by Crippen LogP contribution is 2.08. The van der Waals surface area contributed by atoms with E-state index in [9.17, 15) is 9.18 Å². The number of carbonyl (C=O) groups is 1. The van der Waals surface area contributed by atoms with E-state index in [2.05, 4.69) is 0 Å². The average molecular weight is 261 g/mol. The molecule has 0 unspecified atom stereocenters. The standard InChI is InChI=1S/C12H17FN2O.ClH/c1-3-15(12(16)9(2)14)8-10-5-4-6-11(13)7-10;/h4-7,9H,3,8,14H2,1-2H3;1H/t9-;/m1./s1. The highest BCUT2D eigenvalue weighted by Gasteiger charge is 2.15. The Balaban J connectivity index is 0.00000256. The fraction of sp³-hybridized carbons (Fsp3) is 0.417. The van der Waals surface area contributed by atoms with E-state index in [1.807, 2.05) is 6.92 Å². The molecule has 0 bridgehead atoms. The molecule has 0 aliphatic rings. The molecule has 0 aliphatic heterocycles. The molecular formula is C12H18ClFN2O. The van der Waals surface area contributed by atoms with Crippen LogP contribution < -0.4 is 5.73 Å². The van der Waals surface area contributed by atoms with E-state index in [4.69, 9.17) is 5.73 Å². The van der Waals surface area contributed by atoms with E-state index in [0.29, 0.717) is 13.1 Å². The predicted molar refractivity (Wildman–Crippen MR) is 68.4 cm³/mol. The summed E-state index contributed by atoms with van der Waals surface area (Å²) in [6.45, 7) is 4.49. The highest BCUT2D eigenvalue weighted by molar-refractivity contribution is 5.85. The van der Waals surface area contributed by atoms with Gasteiger partial charge in [-0.15, -0.1) is 12.4 Å². The lowest BCUT2D eigenvalue weighted by atomic mass is 10.2. The van der Waals surface area contributed by atoms with Crippen LogP contribution in [0.25, 0.3) is 0 Å². The fourth-order valence-corrected chi connectivity index (χ4v) is 1.49. The van der Waals surface area contributed by atoms with Crippen molar-refractivity contribution in [3.8, 4) is 0 Å². The first-order chi connectivity index (χ1) is 7.54. The van der Waals surface area contributed by atoms with E-state index in [-0.39, 0.29) is 24.1 Å². The maximum Gasteiger partial charge on any atom is 0.239 e. The maximum atomic E-state index is 13.0. The molecule has 1 rings (SSSR count). The zero-order chi connectivity index (χ0) is 12.1. The molecule has 0 aliphatic carbocycles. The van der Waals surface area contributed by atoms with Crippen molar-refractivity contribution in [2.24, 2.45) is 5.73 Å². The van der Waals surface area contributed by atoms with E-state index in [1.54, 1.807) is 24.0 Å². The molecule has 5 heteroatoms. The average Bonchev–Trinajstić information content (AvgIpc) is 2.25. The molecule has 0 saturated carbocycles. The largest absolute Gasteiger partial charge is 0.337 e. The smallest absolute Gasteiger partial charge is 0.239 e. The van der Waals surface area contributed by atoms with Crippen LogP contribution in [-0.4, -0.2) is 23.4 Å². The first kappa shape index (κ1) is 15.9. The number of likely N-dealkylation sites (N-methyl/N-ethyl adjacent to an activating group) is 1. The second-order valence-corrected chi connectivity index (χ2v) is 3.77. The quantitative estimate of drug-likeness (QED) is 0.899. The van der Waals surface area contributed by atoms with Crippen molar-refractivity contribution in [3.05, 3.63) is 35.6 Å². The van der Waals surface area contributed by atoms with Crippen LogP contribution in [0.5, 0.6) is 0 Å². The van der Waals surface area contributed by atoms with Gasteiger partial charge >= 0.3 is 0 Å². The second-order valence-electron chi connectivity index (χ2n) is 3.77. The number of benzene rings is 1. The number of carbonyl (C=O) groups excluding carboxylic acids is 1. The minimum absolute atomic E-state index is 0. The summed E-state index contributed by atoms with van der Waals surface area (Å²) in [7, 11) is 0. The number of hydrogen-bond donors (Lipinski definition) is 1. The Hall–Kier alpha value is -1.13. The van der Waals surface area contributed by atoms with Crippen molar-refractivity contribution < 1.29 is 9.18 Å². The van der Waals surface area contributed by atoms with Crippen LogP contribution in [-0.2, 0) is 11.3 Å². The Labute approximate surface area is 107 Å². The Morgan fingerprint density at radius 2 is 2.18 bits per heavy atom. The lowest BCUT2D eigenvalue weighted by Crippen LogP contribution is -2.41. The summed E-state index contributed by atoms with van der Waals surface area (Å²) >= 11 is 0. The first-order valence-corrected chi connectivity index (χ1v) is 5.33. The van der Waals surface area contributed by atoms with Gasteiger partial charge in [0.05, 0.1) is 6.04 Å². The molecule has 0 aromatic heterocycles. The molecule has 1 aromatic carbocycles. The minimum Gasteiger partial charge on any atom is -0.337 e. The van der Waals surface area contributed by atoms with Gasteiger partial charge in [0.25, 0.3) is 0 Å². The summed E-state index contributed by atoms with van der Waals surface area (Å²) in [4.78, 5) is 13.3. The van der Waals surface area contributed by atoms with Crippen LogP contribution in [0.2, 0.25) is 0 Å². The Kier molecular flexibility index (Phi) is 6.76. The first-order valence-electron chi connectivity index (χ1n) is 5.33. The summed E-state index contributed by atoms with van der Waals surface area (Å²) in [5.41, 5.74) is 6.30. The van der Waals surface area contributed by atoms with Crippen LogP contribution >= 0.6 is 12.4 Å². The van der Waals surface area contributed by atoms with Crippen LogP contribution in [0.15, 0.2) is 24.3 Å². The molecule has 1 amide bonds. The van der Waals surface area contributed by atoms with E-state index < -0.39 is 6.04 Å². The zero-order valence-electron chi connectivity index (χ0n) is 10.0. The van der Waals surface area contributed by atoms with Crippen molar-refractivity contribution in [1.29, 1.82) is 0 Å². The molecule has 2 N–H and O–H groups in total. The predicted octanol–water partition coefficient (Wildman–Crippen LogP) is 1.94. The summed E-state index contributed by atoms with van der Waals surface area (Å²) in [5, 5.41) is 0. The van der Waals surface area contributed by atoms with Gasteiger partial charge < -0.3 is 10.6 Å². The third-order valence-corrected chi connectivity index (χ3v) is 2.35. The molecule has 1 atom stereocenters. The minimum atomic E-state index is -0.520. The molecule has 0 heterocycles. The SMILES string of the molecule is CCN(Cc1cccc(F)c1)C(=O)[C@@H](C)N.Cl. The summed E-state index contributed by atoms with van der Waals surface area (Å²) in [6.07, 6.45) is 0. The van der Waals surface area contributed by atoms with Gasteiger partial charge in [0, 0.05) is 13.1 Å². The van der Waals surface area contributed by atoms with Gasteiger partial charge in [-0.3, -0.25) is 4.79 Å². The lowest BCUT2D eigenvalue weighted by molar-refractivity contribution is -0.132. The topological polar surface area (TPSA) is 46.3 Å². The highest BCUT2D eigenvalue weighted by atomic mass is 35.5. The number of amides is 1. The van der Waals surface area contributed by atoms with Crippen molar-refractivity contribution in [1.82, 2.24) is 4.90 Å².